The van der Waals surface area contributed by atoms with E-state index in [4.69, 9.17) is 17.0 Å². The van der Waals surface area contributed by atoms with Crippen LogP contribution in [0.4, 0.5) is 0 Å². The maximum atomic E-state index is 5.63. The van der Waals surface area contributed by atoms with Crippen molar-refractivity contribution in [3.8, 4) is 17.0 Å². The molecule has 0 radical (unpaired) electrons. The molecule has 0 fully saturated rings. The molecule has 0 aliphatic carbocycles. The summed E-state index contributed by atoms with van der Waals surface area (Å²) in [7, 11) is 0. The Morgan fingerprint density at radius 2 is 1.95 bits per heavy atom. The summed E-state index contributed by atoms with van der Waals surface area (Å²) in [5.41, 5.74) is 2.08. The van der Waals surface area contributed by atoms with Gasteiger partial charge in [-0.3, -0.25) is 0 Å². The second-order valence-electron chi connectivity index (χ2n) is 4.62. The third-order valence-electron chi connectivity index (χ3n) is 2.66. The van der Waals surface area contributed by atoms with Gasteiger partial charge in [0.2, 0.25) is 0 Å². The number of hydrogen-bond acceptors (Lipinski definition) is 3. The molecule has 0 aliphatic rings. The molecule has 4 heteroatoms. The quantitative estimate of drug-likeness (QED) is 0.851. The number of benzene rings is 1. The van der Waals surface area contributed by atoms with Crippen molar-refractivity contribution in [3.05, 3.63) is 40.8 Å². The number of hydrogen-bond donors (Lipinski definition) is 1. The standard InChI is InChI=1S/C15H18N2OS/c1-4-14-16-13(9-15(19)17-14)11-5-7-12(8-6-11)18-10(2)3/h5-10H,4H2,1-3H3,(H,16,17,19). The lowest BCUT2D eigenvalue weighted by Gasteiger charge is -2.10. The van der Waals surface area contributed by atoms with Gasteiger partial charge in [-0.15, -0.1) is 0 Å². The molecule has 3 nitrogen and oxygen atoms in total. The Labute approximate surface area is 118 Å². The van der Waals surface area contributed by atoms with Gasteiger partial charge < -0.3 is 9.72 Å². The summed E-state index contributed by atoms with van der Waals surface area (Å²) >= 11 is 5.18. The predicted molar refractivity (Wildman–Crippen MR) is 80.0 cm³/mol. The summed E-state index contributed by atoms with van der Waals surface area (Å²) in [5, 5.41) is 0. The van der Waals surface area contributed by atoms with Gasteiger partial charge in [-0.2, -0.15) is 0 Å². The molecule has 2 aromatic rings. The van der Waals surface area contributed by atoms with E-state index in [0.717, 1.165) is 29.3 Å². The van der Waals surface area contributed by atoms with Gasteiger partial charge in [0, 0.05) is 12.1 Å². The summed E-state index contributed by atoms with van der Waals surface area (Å²) in [5.74, 6) is 1.78. The highest BCUT2D eigenvalue weighted by Gasteiger charge is 2.02. The SMILES string of the molecule is CCc1nc(=S)cc(-c2ccc(OC(C)C)cc2)[nH]1. The van der Waals surface area contributed by atoms with Crippen LogP contribution in [0.1, 0.15) is 26.6 Å². The van der Waals surface area contributed by atoms with E-state index in [1.165, 1.54) is 0 Å². The normalized spacial score (nSPS) is 10.7. The van der Waals surface area contributed by atoms with Crippen molar-refractivity contribution in [1.82, 2.24) is 9.97 Å². The molecule has 1 heterocycles. The number of aromatic nitrogens is 2. The van der Waals surface area contributed by atoms with Crippen molar-refractivity contribution in [1.29, 1.82) is 0 Å². The molecule has 0 unspecified atom stereocenters. The Hall–Kier alpha value is -1.68. The summed E-state index contributed by atoms with van der Waals surface area (Å²) in [6.07, 6.45) is 1.02. The summed E-state index contributed by atoms with van der Waals surface area (Å²) in [4.78, 5) is 7.56. The smallest absolute Gasteiger partial charge is 0.130 e. The summed E-state index contributed by atoms with van der Waals surface area (Å²) < 4.78 is 6.25. The number of ether oxygens (including phenoxy) is 1. The minimum absolute atomic E-state index is 0.185. The van der Waals surface area contributed by atoms with E-state index in [-0.39, 0.29) is 6.10 Å². The molecule has 0 saturated heterocycles. The highest BCUT2D eigenvalue weighted by Crippen LogP contribution is 2.21. The van der Waals surface area contributed by atoms with Crippen molar-refractivity contribution >= 4 is 12.2 Å². The first kappa shape index (κ1) is 13.7. The number of aryl methyl sites for hydroxylation is 1. The van der Waals surface area contributed by atoms with E-state index in [9.17, 15) is 0 Å². The fourth-order valence-corrected chi connectivity index (χ4v) is 2.04. The van der Waals surface area contributed by atoms with Gasteiger partial charge >= 0.3 is 0 Å². The average molecular weight is 274 g/mol. The third-order valence-corrected chi connectivity index (χ3v) is 2.87. The second kappa shape index (κ2) is 5.97. The van der Waals surface area contributed by atoms with Crippen molar-refractivity contribution in [3.63, 3.8) is 0 Å². The fraction of sp³-hybridized carbons (Fsp3) is 0.333. The maximum Gasteiger partial charge on any atom is 0.130 e. The molecule has 0 aliphatic heterocycles. The molecule has 0 atom stereocenters. The lowest BCUT2D eigenvalue weighted by Crippen LogP contribution is -2.05. The van der Waals surface area contributed by atoms with Crippen LogP contribution in [0.25, 0.3) is 11.3 Å². The van der Waals surface area contributed by atoms with Crippen LogP contribution < -0.4 is 4.74 Å². The van der Waals surface area contributed by atoms with Gasteiger partial charge in [-0.1, -0.05) is 19.1 Å². The first-order chi connectivity index (χ1) is 9.08. The summed E-state index contributed by atoms with van der Waals surface area (Å²) in [6.45, 7) is 6.08. The second-order valence-corrected chi connectivity index (χ2v) is 5.04. The lowest BCUT2D eigenvalue weighted by molar-refractivity contribution is 0.242. The molecule has 0 amide bonds. The zero-order valence-corrected chi connectivity index (χ0v) is 12.3. The van der Waals surface area contributed by atoms with Crippen molar-refractivity contribution in [2.75, 3.05) is 0 Å². The van der Waals surface area contributed by atoms with E-state index >= 15 is 0 Å². The largest absolute Gasteiger partial charge is 0.491 e. The van der Waals surface area contributed by atoms with Crippen molar-refractivity contribution in [2.24, 2.45) is 0 Å². The van der Waals surface area contributed by atoms with Crippen LogP contribution >= 0.6 is 12.2 Å². The molecular weight excluding hydrogens is 256 g/mol. The van der Waals surface area contributed by atoms with Gasteiger partial charge in [-0.25, -0.2) is 4.98 Å². The molecule has 0 bridgehead atoms. The van der Waals surface area contributed by atoms with Gasteiger partial charge in [0.1, 0.15) is 16.2 Å². The molecule has 1 aromatic carbocycles. The Balaban J connectivity index is 2.31. The molecule has 2 rings (SSSR count). The zero-order valence-electron chi connectivity index (χ0n) is 11.4. The molecule has 1 N–H and O–H groups in total. The topological polar surface area (TPSA) is 37.9 Å². The minimum atomic E-state index is 0.185. The van der Waals surface area contributed by atoms with E-state index in [1.807, 2.05) is 44.2 Å². The summed E-state index contributed by atoms with van der Waals surface area (Å²) in [6, 6.07) is 9.87. The van der Waals surface area contributed by atoms with Gasteiger partial charge in [0.25, 0.3) is 0 Å². The van der Waals surface area contributed by atoms with Crippen LogP contribution in [0.2, 0.25) is 0 Å². The number of aromatic amines is 1. The lowest BCUT2D eigenvalue weighted by atomic mass is 10.1. The molecule has 19 heavy (non-hydrogen) atoms. The van der Waals surface area contributed by atoms with Crippen LogP contribution in [0.15, 0.2) is 30.3 Å². The zero-order chi connectivity index (χ0) is 13.8. The van der Waals surface area contributed by atoms with Gasteiger partial charge in [0.15, 0.2) is 0 Å². The molecular formula is C15H18N2OS. The molecule has 1 aromatic heterocycles. The Bertz CT molecular complexity index is 602. The van der Waals surface area contributed by atoms with Crippen molar-refractivity contribution in [2.45, 2.75) is 33.3 Å². The first-order valence-corrected chi connectivity index (χ1v) is 6.86. The number of rotatable bonds is 4. The number of nitrogens with zero attached hydrogens (tertiary/aromatic N) is 1. The van der Waals surface area contributed by atoms with Gasteiger partial charge in [0.05, 0.1) is 6.10 Å². The number of H-pyrrole nitrogens is 1. The third kappa shape index (κ3) is 3.64. The highest BCUT2D eigenvalue weighted by atomic mass is 32.1. The van der Waals surface area contributed by atoms with Crippen molar-refractivity contribution < 1.29 is 4.74 Å². The van der Waals surface area contributed by atoms with Crippen LogP contribution in [0.5, 0.6) is 5.75 Å². The van der Waals surface area contributed by atoms with E-state index < -0.39 is 0 Å². The first-order valence-electron chi connectivity index (χ1n) is 6.46. The molecule has 0 saturated carbocycles. The minimum Gasteiger partial charge on any atom is -0.491 e. The predicted octanol–water partition coefficient (Wildman–Crippen LogP) is 4.16. The molecule has 0 spiro atoms. The van der Waals surface area contributed by atoms with Crippen LogP contribution in [0, 0.1) is 4.64 Å². The van der Waals surface area contributed by atoms with Gasteiger partial charge in [-0.05, 0) is 49.7 Å². The van der Waals surface area contributed by atoms with E-state index in [0.29, 0.717) is 4.64 Å². The Morgan fingerprint density at radius 3 is 2.53 bits per heavy atom. The Morgan fingerprint density at radius 1 is 1.26 bits per heavy atom. The highest BCUT2D eigenvalue weighted by molar-refractivity contribution is 7.71. The maximum absolute atomic E-state index is 5.63. The molecule has 100 valence electrons. The Kier molecular flexibility index (Phi) is 4.32. The average Bonchev–Trinajstić information content (AvgIpc) is 2.38. The van der Waals surface area contributed by atoms with E-state index in [2.05, 4.69) is 16.9 Å². The van der Waals surface area contributed by atoms with Crippen LogP contribution in [0.3, 0.4) is 0 Å². The van der Waals surface area contributed by atoms with Crippen LogP contribution in [-0.4, -0.2) is 16.1 Å². The monoisotopic (exact) mass is 274 g/mol. The fourth-order valence-electron chi connectivity index (χ4n) is 1.82. The number of nitrogens with one attached hydrogen (secondary N) is 1. The van der Waals surface area contributed by atoms with E-state index in [1.54, 1.807) is 0 Å². The van der Waals surface area contributed by atoms with Crippen LogP contribution in [-0.2, 0) is 6.42 Å².